The number of rotatable bonds is 9. The Labute approximate surface area is 127 Å². The molecule has 1 rings (SSSR count). The molecule has 118 valence electrons. The average molecular weight is 293 g/mol. The number of nitrogens with two attached hydrogens (primary N) is 1. The summed E-state index contributed by atoms with van der Waals surface area (Å²) in [7, 11) is 1.62. The van der Waals surface area contributed by atoms with E-state index in [0.717, 1.165) is 30.8 Å². The Morgan fingerprint density at radius 2 is 2.24 bits per heavy atom. The van der Waals surface area contributed by atoms with Gasteiger partial charge in [-0.25, -0.2) is 0 Å². The van der Waals surface area contributed by atoms with Gasteiger partial charge in [0.1, 0.15) is 0 Å². The molecule has 21 heavy (non-hydrogen) atoms. The number of carbonyl (C=O) groups is 1. The summed E-state index contributed by atoms with van der Waals surface area (Å²) in [5.41, 5.74) is 7.69. The predicted molar refractivity (Wildman–Crippen MR) is 85.9 cm³/mol. The van der Waals surface area contributed by atoms with E-state index in [2.05, 4.69) is 17.1 Å². The van der Waals surface area contributed by atoms with E-state index in [-0.39, 0.29) is 11.9 Å². The van der Waals surface area contributed by atoms with Crippen LogP contribution in [0.5, 0.6) is 0 Å². The van der Waals surface area contributed by atoms with Gasteiger partial charge in [-0.2, -0.15) is 0 Å². The van der Waals surface area contributed by atoms with E-state index in [1.807, 2.05) is 31.2 Å². The molecular weight excluding hydrogens is 266 g/mol. The van der Waals surface area contributed by atoms with E-state index < -0.39 is 0 Å². The summed E-state index contributed by atoms with van der Waals surface area (Å²) in [6, 6.07) is 7.63. The van der Waals surface area contributed by atoms with Crippen LogP contribution in [0.1, 0.15) is 25.8 Å². The van der Waals surface area contributed by atoms with Crippen molar-refractivity contribution in [1.82, 2.24) is 10.2 Å². The number of benzene rings is 1. The standard InChI is InChI=1S/C16H27N3O2/c1-4-9-19(12-14-6-5-7-15(17)11-14)13(2)16(20)18-8-10-21-3/h5-7,11,13H,4,8-10,12,17H2,1-3H3,(H,18,20). The van der Waals surface area contributed by atoms with Gasteiger partial charge in [-0.1, -0.05) is 19.1 Å². The first-order chi connectivity index (χ1) is 10.1. The molecule has 0 radical (unpaired) electrons. The Morgan fingerprint density at radius 1 is 1.48 bits per heavy atom. The second kappa shape index (κ2) is 9.37. The van der Waals surface area contributed by atoms with Crippen molar-refractivity contribution in [2.45, 2.75) is 32.9 Å². The first-order valence-electron chi connectivity index (χ1n) is 7.43. The largest absolute Gasteiger partial charge is 0.399 e. The quantitative estimate of drug-likeness (QED) is 0.536. The molecule has 0 bridgehead atoms. The minimum atomic E-state index is -0.178. The van der Waals surface area contributed by atoms with Crippen LogP contribution in [-0.2, 0) is 16.1 Å². The molecule has 0 aromatic heterocycles. The molecular formula is C16H27N3O2. The van der Waals surface area contributed by atoms with E-state index in [0.29, 0.717) is 13.2 Å². The van der Waals surface area contributed by atoms with Gasteiger partial charge in [-0.05, 0) is 37.6 Å². The monoisotopic (exact) mass is 293 g/mol. The minimum Gasteiger partial charge on any atom is -0.399 e. The Hall–Kier alpha value is -1.59. The van der Waals surface area contributed by atoms with Crippen LogP contribution in [0, 0.1) is 0 Å². The van der Waals surface area contributed by atoms with Gasteiger partial charge in [0.2, 0.25) is 5.91 Å². The molecule has 1 aromatic rings. The topological polar surface area (TPSA) is 67.6 Å². The smallest absolute Gasteiger partial charge is 0.237 e. The Balaban J connectivity index is 2.64. The number of ether oxygens (including phenoxy) is 1. The van der Waals surface area contributed by atoms with Crippen LogP contribution in [0.4, 0.5) is 5.69 Å². The normalized spacial score (nSPS) is 12.4. The van der Waals surface area contributed by atoms with Crippen LogP contribution in [-0.4, -0.2) is 43.7 Å². The summed E-state index contributed by atoms with van der Waals surface area (Å²) in [5, 5.41) is 2.89. The molecule has 3 N–H and O–H groups in total. The van der Waals surface area contributed by atoms with Gasteiger partial charge < -0.3 is 15.8 Å². The van der Waals surface area contributed by atoms with Crippen LogP contribution >= 0.6 is 0 Å². The average Bonchev–Trinajstić information content (AvgIpc) is 2.46. The second-order valence-corrected chi connectivity index (χ2v) is 5.18. The summed E-state index contributed by atoms with van der Waals surface area (Å²) < 4.78 is 4.95. The van der Waals surface area contributed by atoms with Gasteiger partial charge in [0.15, 0.2) is 0 Å². The van der Waals surface area contributed by atoms with Crippen molar-refractivity contribution in [3.63, 3.8) is 0 Å². The molecule has 1 atom stereocenters. The highest BCUT2D eigenvalue weighted by Gasteiger charge is 2.20. The maximum atomic E-state index is 12.2. The van der Waals surface area contributed by atoms with Crippen LogP contribution < -0.4 is 11.1 Å². The van der Waals surface area contributed by atoms with Gasteiger partial charge in [-0.3, -0.25) is 9.69 Å². The molecule has 0 saturated heterocycles. The van der Waals surface area contributed by atoms with Crippen molar-refractivity contribution >= 4 is 11.6 Å². The van der Waals surface area contributed by atoms with Gasteiger partial charge in [0.25, 0.3) is 0 Å². The second-order valence-electron chi connectivity index (χ2n) is 5.18. The maximum Gasteiger partial charge on any atom is 0.237 e. The predicted octanol–water partition coefficient (Wildman–Crippen LogP) is 1.63. The van der Waals surface area contributed by atoms with Gasteiger partial charge in [0, 0.05) is 25.9 Å². The zero-order valence-electron chi connectivity index (χ0n) is 13.3. The first kappa shape index (κ1) is 17.5. The van der Waals surface area contributed by atoms with Crippen molar-refractivity contribution in [1.29, 1.82) is 0 Å². The maximum absolute atomic E-state index is 12.2. The van der Waals surface area contributed by atoms with Crippen LogP contribution in [0.2, 0.25) is 0 Å². The lowest BCUT2D eigenvalue weighted by molar-refractivity contribution is -0.126. The fraction of sp³-hybridized carbons (Fsp3) is 0.562. The first-order valence-corrected chi connectivity index (χ1v) is 7.43. The molecule has 5 heteroatoms. The summed E-state index contributed by atoms with van der Waals surface area (Å²) in [6.07, 6.45) is 0.998. The van der Waals surface area contributed by atoms with E-state index >= 15 is 0 Å². The Bertz CT molecular complexity index is 437. The molecule has 1 unspecified atom stereocenters. The van der Waals surface area contributed by atoms with Crippen molar-refractivity contribution in [2.75, 3.05) is 32.5 Å². The number of hydrogen-bond acceptors (Lipinski definition) is 4. The molecule has 0 heterocycles. The number of carbonyl (C=O) groups excluding carboxylic acids is 1. The third kappa shape index (κ3) is 6.14. The zero-order valence-corrected chi connectivity index (χ0v) is 13.3. The van der Waals surface area contributed by atoms with Crippen molar-refractivity contribution in [3.05, 3.63) is 29.8 Å². The third-order valence-corrected chi connectivity index (χ3v) is 3.38. The SMILES string of the molecule is CCCN(Cc1cccc(N)c1)C(C)C(=O)NCCOC. The number of hydrogen-bond donors (Lipinski definition) is 2. The van der Waals surface area contributed by atoms with E-state index in [4.69, 9.17) is 10.5 Å². The molecule has 5 nitrogen and oxygen atoms in total. The molecule has 0 aliphatic carbocycles. The lowest BCUT2D eigenvalue weighted by Crippen LogP contribution is -2.45. The number of nitrogens with one attached hydrogen (secondary N) is 1. The van der Waals surface area contributed by atoms with Gasteiger partial charge >= 0.3 is 0 Å². The summed E-state index contributed by atoms with van der Waals surface area (Å²) in [5.74, 6) is 0.0319. The van der Waals surface area contributed by atoms with E-state index in [1.165, 1.54) is 0 Å². The van der Waals surface area contributed by atoms with Crippen LogP contribution in [0.25, 0.3) is 0 Å². The summed E-state index contributed by atoms with van der Waals surface area (Å²) in [6.45, 7) is 6.71. The minimum absolute atomic E-state index is 0.0319. The summed E-state index contributed by atoms with van der Waals surface area (Å²) in [4.78, 5) is 14.3. The zero-order chi connectivity index (χ0) is 15.7. The van der Waals surface area contributed by atoms with E-state index in [9.17, 15) is 4.79 Å². The Morgan fingerprint density at radius 3 is 2.86 bits per heavy atom. The lowest BCUT2D eigenvalue weighted by atomic mass is 10.1. The number of nitrogen functional groups attached to an aromatic ring is 1. The molecule has 0 saturated carbocycles. The third-order valence-electron chi connectivity index (χ3n) is 3.38. The highest BCUT2D eigenvalue weighted by atomic mass is 16.5. The van der Waals surface area contributed by atoms with Crippen molar-refractivity contribution in [2.24, 2.45) is 0 Å². The molecule has 0 fully saturated rings. The Kier molecular flexibility index (Phi) is 7.79. The molecule has 0 aliphatic heterocycles. The van der Waals surface area contributed by atoms with Gasteiger partial charge in [0.05, 0.1) is 12.6 Å². The van der Waals surface area contributed by atoms with Crippen molar-refractivity contribution < 1.29 is 9.53 Å². The molecule has 0 spiro atoms. The highest BCUT2D eigenvalue weighted by Crippen LogP contribution is 2.12. The van der Waals surface area contributed by atoms with Gasteiger partial charge in [-0.15, -0.1) is 0 Å². The molecule has 1 aromatic carbocycles. The molecule has 1 amide bonds. The van der Waals surface area contributed by atoms with Crippen molar-refractivity contribution in [3.8, 4) is 0 Å². The van der Waals surface area contributed by atoms with Crippen LogP contribution in [0.15, 0.2) is 24.3 Å². The number of nitrogens with zero attached hydrogens (tertiary/aromatic N) is 1. The lowest BCUT2D eigenvalue weighted by Gasteiger charge is -2.28. The fourth-order valence-corrected chi connectivity index (χ4v) is 2.21. The highest BCUT2D eigenvalue weighted by molar-refractivity contribution is 5.81. The van der Waals surface area contributed by atoms with E-state index in [1.54, 1.807) is 7.11 Å². The fourth-order valence-electron chi connectivity index (χ4n) is 2.21. The number of methoxy groups -OCH3 is 1. The van der Waals surface area contributed by atoms with Crippen LogP contribution in [0.3, 0.4) is 0 Å². The number of anilines is 1. The number of amides is 1. The molecule has 0 aliphatic rings. The summed E-state index contributed by atoms with van der Waals surface area (Å²) >= 11 is 0.